The van der Waals surface area contributed by atoms with E-state index in [1.54, 1.807) is 0 Å². The summed E-state index contributed by atoms with van der Waals surface area (Å²) < 4.78 is 1.97. The summed E-state index contributed by atoms with van der Waals surface area (Å²) in [6.07, 6.45) is 1.41. The van der Waals surface area contributed by atoms with E-state index in [0.717, 1.165) is 17.1 Å². The summed E-state index contributed by atoms with van der Waals surface area (Å²) in [5.41, 5.74) is 5.68. The van der Waals surface area contributed by atoms with Crippen molar-refractivity contribution < 1.29 is 4.79 Å². The van der Waals surface area contributed by atoms with Crippen LogP contribution in [0.3, 0.4) is 0 Å². The van der Waals surface area contributed by atoms with E-state index >= 15 is 0 Å². The molecule has 1 aromatic heterocycles. The summed E-state index contributed by atoms with van der Waals surface area (Å²) in [6, 6.07) is 18.2. The van der Waals surface area contributed by atoms with Crippen LogP contribution in [-0.4, -0.2) is 44.2 Å². The first-order valence-electron chi connectivity index (χ1n) is 10.6. The van der Waals surface area contributed by atoms with Gasteiger partial charge in [0, 0.05) is 17.8 Å². The van der Waals surface area contributed by atoms with Crippen LogP contribution in [0, 0.1) is 0 Å². The largest absolute Gasteiger partial charge is 0.375 e. The summed E-state index contributed by atoms with van der Waals surface area (Å²) in [5.74, 6) is 0.604. The van der Waals surface area contributed by atoms with Crippen LogP contribution >= 0.6 is 24.0 Å². The van der Waals surface area contributed by atoms with E-state index in [2.05, 4.69) is 71.1 Å². The molecule has 0 spiro atoms. The zero-order valence-electron chi connectivity index (χ0n) is 19.2. The summed E-state index contributed by atoms with van der Waals surface area (Å²) in [4.78, 5) is 12.7. The number of rotatable bonds is 8. The molecule has 7 nitrogen and oxygen atoms in total. The van der Waals surface area contributed by atoms with Crippen molar-refractivity contribution in [3.63, 3.8) is 0 Å². The van der Waals surface area contributed by atoms with E-state index in [4.69, 9.17) is 12.2 Å². The molecule has 0 unspecified atom stereocenters. The Hall–Kier alpha value is -3.04. The van der Waals surface area contributed by atoms with Crippen LogP contribution in [-0.2, 0) is 10.2 Å². The molecule has 33 heavy (non-hydrogen) atoms. The number of carbonyl (C=O) groups is 1. The zero-order valence-corrected chi connectivity index (χ0v) is 20.8. The highest BCUT2D eigenvalue weighted by Gasteiger charge is 2.19. The molecular weight excluding hydrogens is 452 g/mol. The highest BCUT2D eigenvalue weighted by atomic mass is 32.2. The van der Waals surface area contributed by atoms with Crippen molar-refractivity contribution >= 4 is 41.1 Å². The Balaban J connectivity index is 1.81. The Bertz CT molecular complexity index is 1120. The standard InChI is InChI=1S/C24H28N6OS2/c1-5-25-21(32)15-26-27-20(31)16-33-23-29-28-22(30(23)19-9-7-6-8-10-19)17-11-13-18(14-12-17)24(2,3)4/h6-15H,5,16H2,1-4H3,(H,25,32)(H,27,31). The van der Waals surface area contributed by atoms with Crippen LogP contribution in [0.25, 0.3) is 17.1 Å². The Morgan fingerprint density at radius 2 is 1.82 bits per heavy atom. The molecule has 1 heterocycles. The minimum absolute atomic E-state index is 0.0683. The third kappa shape index (κ3) is 6.72. The van der Waals surface area contributed by atoms with Crippen molar-refractivity contribution in [3.8, 4) is 17.1 Å². The van der Waals surface area contributed by atoms with Crippen molar-refractivity contribution in [1.82, 2.24) is 25.5 Å². The maximum atomic E-state index is 12.2. The minimum atomic E-state index is -0.255. The van der Waals surface area contributed by atoms with Gasteiger partial charge in [-0.05, 0) is 30.0 Å². The number of para-hydroxylation sites is 1. The van der Waals surface area contributed by atoms with Gasteiger partial charge in [-0.1, -0.05) is 87.2 Å². The van der Waals surface area contributed by atoms with Gasteiger partial charge in [0.1, 0.15) is 4.99 Å². The predicted octanol–water partition coefficient (Wildman–Crippen LogP) is 4.36. The first-order valence-corrected chi connectivity index (χ1v) is 12.0. The molecule has 2 aromatic carbocycles. The number of carbonyl (C=O) groups excluding carboxylic acids is 1. The highest BCUT2D eigenvalue weighted by Crippen LogP contribution is 2.30. The molecule has 0 radical (unpaired) electrons. The lowest BCUT2D eigenvalue weighted by Gasteiger charge is -2.19. The molecule has 0 bridgehead atoms. The van der Waals surface area contributed by atoms with Crippen LogP contribution < -0.4 is 10.7 Å². The molecule has 0 aliphatic heterocycles. The van der Waals surface area contributed by atoms with Gasteiger partial charge < -0.3 is 5.32 Å². The van der Waals surface area contributed by atoms with Crippen molar-refractivity contribution in [3.05, 3.63) is 60.2 Å². The minimum Gasteiger partial charge on any atom is -0.375 e. The Labute approximate surface area is 204 Å². The second kappa shape index (κ2) is 11.2. The Morgan fingerprint density at radius 3 is 2.45 bits per heavy atom. The van der Waals surface area contributed by atoms with Crippen LogP contribution in [0.4, 0.5) is 0 Å². The number of thiocarbonyl (C=S) groups is 1. The van der Waals surface area contributed by atoms with Crippen LogP contribution in [0.1, 0.15) is 33.3 Å². The van der Waals surface area contributed by atoms with Gasteiger partial charge in [0.15, 0.2) is 11.0 Å². The molecule has 9 heteroatoms. The number of thioether (sulfide) groups is 1. The second-order valence-corrected chi connectivity index (χ2v) is 9.66. The zero-order chi connectivity index (χ0) is 23.8. The Morgan fingerprint density at radius 1 is 1.12 bits per heavy atom. The molecule has 1 amide bonds. The average molecular weight is 481 g/mol. The molecule has 3 aromatic rings. The topological polar surface area (TPSA) is 84.2 Å². The van der Waals surface area contributed by atoms with Gasteiger partial charge in [-0.15, -0.1) is 10.2 Å². The summed E-state index contributed by atoms with van der Waals surface area (Å²) in [6.45, 7) is 9.20. The summed E-state index contributed by atoms with van der Waals surface area (Å²) >= 11 is 6.35. The number of hydrogen-bond donors (Lipinski definition) is 2. The molecule has 0 saturated carbocycles. The normalized spacial score (nSPS) is 11.5. The molecular formula is C24H28N6OS2. The van der Waals surface area contributed by atoms with E-state index < -0.39 is 0 Å². The van der Waals surface area contributed by atoms with E-state index in [9.17, 15) is 4.79 Å². The van der Waals surface area contributed by atoms with Crippen molar-refractivity contribution in [2.75, 3.05) is 12.3 Å². The van der Waals surface area contributed by atoms with Gasteiger partial charge >= 0.3 is 0 Å². The molecule has 3 rings (SSSR count). The maximum absolute atomic E-state index is 12.2. The highest BCUT2D eigenvalue weighted by molar-refractivity contribution is 7.99. The number of benzene rings is 2. The first-order chi connectivity index (χ1) is 15.8. The van der Waals surface area contributed by atoms with Gasteiger partial charge in [0.25, 0.3) is 5.91 Å². The van der Waals surface area contributed by atoms with Crippen LogP contribution in [0.5, 0.6) is 0 Å². The van der Waals surface area contributed by atoms with Gasteiger partial charge in [0.2, 0.25) is 0 Å². The lowest BCUT2D eigenvalue weighted by molar-refractivity contribution is -0.118. The quantitative estimate of drug-likeness (QED) is 0.216. The van der Waals surface area contributed by atoms with E-state index in [1.807, 2.05) is 41.8 Å². The third-order valence-electron chi connectivity index (χ3n) is 4.71. The third-order valence-corrected chi connectivity index (χ3v) is 5.89. The number of hydrazone groups is 1. The molecule has 0 aliphatic rings. The average Bonchev–Trinajstić information content (AvgIpc) is 3.22. The van der Waals surface area contributed by atoms with Gasteiger partial charge in [-0.25, -0.2) is 5.43 Å². The van der Waals surface area contributed by atoms with E-state index in [-0.39, 0.29) is 17.1 Å². The van der Waals surface area contributed by atoms with E-state index in [1.165, 1.54) is 23.5 Å². The van der Waals surface area contributed by atoms with E-state index in [0.29, 0.717) is 16.7 Å². The number of amides is 1. The summed E-state index contributed by atoms with van der Waals surface area (Å²) in [5, 5.41) is 16.3. The fourth-order valence-electron chi connectivity index (χ4n) is 3.02. The number of nitrogens with zero attached hydrogens (tertiary/aromatic N) is 4. The lowest BCUT2D eigenvalue weighted by atomic mass is 9.87. The molecule has 2 N–H and O–H groups in total. The van der Waals surface area contributed by atoms with Crippen molar-refractivity contribution in [1.29, 1.82) is 0 Å². The van der Waals surface area contributed by atoms with Crippen LogP contribution in [0.2, 0.25) is 0 Å². The SMILES string of the molecule is CCNC(=S)C=NNC(=O)CSc1nnc(-c2ccc(C(C)(C)C)cc2)n1-c1ccccc1. The van der Waals surface area contributed by atoms with Crippen molar-refractivity contribution in [2.45, 2.75) is 38.3 Å². The number of nitrogens with one attached hydrogen (secondary N) is 2. The summed E-state index contributed by atoms with van der Waals surface area (Å²) in [7, 11) is 0. The number of hydrogen-bond acceptors (Lipinski definition) is 6. The van der Waals surface area contributed by atoms with Gasteiger partial charge in [-0.3, -0.25) is 9.36 Å². The van der Waals surface area contributed by atoms with Gasteiger partial charge in [-0.2, -0.15) is 5.10 Å². The molecule has 0 fully saturated rings. The molecule has 0 aliphatic carbocycles. The monoisotopic (exact) mass is 480 g/mol. The predicted molar refractivity (Wildman–Crippen MR) is 139 cm³/mol. The van der Waals surface area contributed by atoms with Crippen molar-refractivity contribution in [2.24, 2.45) is 5.10 Å². The molecule has 0 atom stereocenters. The lowest BCUT2D eigenvalue weighted by Crippen LogP contribution is -2.25. The smallest absolute Gasteiger partial charge is 0.250 e. The first kappa shape index (κ1) is 24.6. The second-order valence-electron chi connectivity index (χ2n) is 8.28. The molecule has 172 valence electrons. The fraction of sp³-hybridized carbons (Fsp3) is 0.292. The maximum Gasteiger partial charge on any atom is 0.250 e. The number of aromatic nitrogens is 3. The fourth-order valence-corrected chi connectivity index (χ4v) is 3.97. The van der Waals surface area contributed by atoms with Crippen LogP contribution in [0.15, 0.2) is 64.9 Å². The molecule has 0 saturated heterocycles. The van der Waals surface area contributed by atoms with Gasteiger partial charge in [0.05, 0.1) is 12.0 Å². The Kier molecular flexibility index (Phi) is 8.35.